The lowest BCUT2D eigenvalue weighted by atomic mass is 10.0. The summed E-state index contributed by atoms with van der Waals surface area (Å²) in [5.41, 5.74) is 5.25. The number of phenols is 1. The minimum Gasteiger partial charge on any atom is -0.508 e. The Morgan fingerprint density at radius 2 is 2.10 bits per heavy atom. The summed E-state index contributed by atoms with van der Waals surface area (Å²) in [7, 11) is 0. The standard InChI is InChI=1S/C17H14O4/c1-10-14(6-11-4-5-21-9-11)13-3-2-12(18)7-16(13)15(10)8-17(19)20/h2-7,9,18H,8H2,1H3,(H,19,20)/b14-6-. The van der Waals surface area contributed by atoms with Crippen molar-refractivity contribution in [3.8, 4) is 5.75 Å². The number of hydrogen-bond acceptors (Lipinski definition) is 3. The molecule has 21 heavy (non-hydrogen) atoms. The van der Waals surface area contributed by atoms with Crippen LogP contribution in [0.15, 0.2) is 46.8 Å². The molecule has 0 radical (unpaired) electrons. The molecular formula is C17H14O4. The van der Waals surface area contributed by atoms with Gasteiger partial charge >= 0.3 is 5.97 Å². The van der Waals surface area contributed by atoms with Crippen molar-refractivity contribution in [3.05, 3.63) is 59.1 Å². The molecule has 0 aliphatic heterocycles. The molecular weight excluding hydrogens is 268 g/mol. The van der Waals surface area contributed by atoms with E-state index in [9.17, 15) is 9.90 Å². The van der Waals surface area contributed by atoms with Crippen LogP contribution < -0.4 is 0 Å². The zero-order valence-corrected chi connectivity index (χ0v) is 11.5. The Bertz CT molecular complexity index is 764. The van der Waals surface area contributed by atoms with Crippen LogP contribution in [0.5, 0.6) is 5.75 Å². The van der Waals surface area contributed by atoms with Crippen LogP contribution in [0.1, 0.15) is 30.0 Å². The van der Waals surface area contributed by atoms with Gasteiger partial charge in [0, 0.05) is 5.56 Å². The van der Waals surface area contributed by atoms with Crippen LogP contribution in [0.25, 0.3) is 17.2 Å². The lowest BCUT2D eigenvalue weighted by Gasteiger charge is -2.04. The zero-order chi connectivity index (χ0) is 15.0. The number of fused-ring (bicyclic) bond motifs is 1. The SMILES string of the molecule is CC1=C(CC(=O)O)c2cc(O)ccc2/C1=C\c1ccoc1. The van der Waals surface area contributed by atoms with E-state index in [-0.39, 0.29) is 12.2 Å². The molecule has 0 saturated carbocycles. The van der Waals surface area contributed by atoms with Gasteiger partial charge in [-0.05, 0) is 59.0 Å². The average molecular weight is 282 g/mol. The lowest BCUT2D eigenvalue weighted by molar-refractivity contribution is -0.135. The number of allylic oxidation sites excluding steroid dienone is 2. The summed E-state index contributed by atoms with van der Waals surface area (Å²) in [6, 6.07) is 6.89. The lowest BCUT2D eigenvalue weighted by Crippen LogP contribution is -1.96. The number of benzene rings is 1. The van der Waals surface area contributed by atoms with Crippen LogP contribution in [0, 0.1) is 0 Å². The fourth-order valence-electron chi connectivity index (χ4n) is 2.67. The van der Waals surface area contributed by atoms with E-state index >= 15 is 0 Å². The molecule has 0 unspecified atom stereocenters. The average Bonchev–Trinajstić information content (AvgIpc) is 3.01. The molecule has 1 aromatic carbocycles. The molecule has 0 spiro atoms. The van der Waals surface area contributed by atoms with Gasteiger partial charge in [-0.1, -0.05) is 6.07 Å². The Labute approximate surface area is 121 Å². The first-order chi connectivity index (χ1) is 10.1. The molecule has 2 N–H and O–H groups in total. The molecule has 1 aromatic heterocycles. The highest BCUT2D eigenvalue weighted by Gasteiger charge is 2.25. The van der Waals surface area contributed by atoms with E-state index in [2.05, 4.69) is 0 Å². The summed E-state index contributed by atoms with van der Waals surface area (Å²) in [6.07, 6.45) is 5.13. The second kappa shape index (κ2) is 4.98. The minimum absolute atomic E-state index is 0.0645. The highest BCUT2D eigenvalue weighted by Crippen LogP contribution is 2.44. The smallest absolute Gasteiger partial charge is 0.307 e. The minimum atomic E-state index is -0.886. The number of carbonyl (C=O) groups is 1. The summed E-state index contributed by atoms with van der Waals surface area (Å²) in [5, 5.41) is 18.8. The number of aromatic hydroxyl groups is 1. The molecule has 1 aliphatic rings. The van der Waals surface area contributed by atoms with Crippen molar-refractivity contribution in [1.29, 1.82) is 0 Å². The van der Waals surface area contributed by atoms with E-state index in [0.29, 0.717) is 0 Å². The number of rotatable bonds is 3. The summed E-state index contributed by atoms with van der Waals surface area (Å²) in [6.45, 7) is 1.90. The number of carboxylic acid groups (broad SMARTS) is 1. The van der Waals surface area contributed by atoms with Gasteiger partial charge < -0.3 is 14.6 Å². The highest BCUT2D eigenvalue weighted by molar-refractivity contribution is 6.07. The van der Waals surface area contributed by atoms with Crippen LogP contribution >= 0.6 is 0 Å². The Morgan fingerprint density at radius 1 is 1.29 bits per heavy atom. The van der Waals surface area contributed by atoms with Crippen molar-refractivity contribution in [1.82, 2.24) is 0 Å². The second-order valence-electron chi connectivity index (χ2n) is 5.02. The molecule has 1 aliphatic carbocycles. The monoisotopic (exact) mass is 282 g/mol. The fraction of sp³-hybridized carbons (Fsp3) is 0.118. The van der Waals surface area contributed by atoms with Crippen molar-refractivity contribution in [2.24, 2.45) is 0 Å². The first-order valence-corrected chi connectivity index (χ1v) is 6.56. The molecule has 0 atom stereocenters. The van der Waals surface area contributed by atoms with Gasteiger partial charge in [-0.15, -0.1) is 0 Å². The van der Waals surface area contributed by atoms with Crippen LogP contribution in [-0.2, 0) is 4.79 Å². The maximum Gasteiger partial charge on any atom is 0.307 e. The maximum absolute atomic E-state index is 11.1. The normalized spacial score (nSPS) is 15.6. The topological polar surface area (TPSA) is 70.7 Å². The Balaban J connectivity index is 2.18. The molecule has 0 fully saturated rings. The van der Waals surface area contributed by atoms with Crippen molar-refractivity contribution in [2.45, 2.75) is 13.3 Å². The summed E-state index contributed by atoms with van der Waals surface area (Å²) in [4.78, 5) is 11.1. The zero-order valence-electron chi connectivity index (χ0n) is 11.5. The van der Waals surface area contributed by atoms with Gasteiger partial charge in [0.25, 0.3) is 0 Å². The Morgan fingerprint density at radius 3 is 2.76 bits per heavy atom. The van der Waals surface area contributed by atoms with Crippen LogP contribution in [0.3, 0.4) is 0 Å². The number of phenolic OH excluding ortho intramolecular Hbond substituents is 1. The molecule has 0 saturated heterocycles. The Kier molecular flexibility index (Phi) is 3.14. The van der Waals surface area contributed by atoms with Gasteiger partial charge in [0.2, 0.25) is 0 Å². The number of hydrogen-bond donors (Lipinski definition) is 2. The quantitative estimate of drug-likeness (QED) is 0.898. The first-order valence-electron chi connectivity index (χ1n) is 6.56. The number of furan rings is 1. The molecule has 0 bridgehead atoms. The van der Waals surface area contributed by atoms with E-state index in [1.807, 2.05) is 25.1 Å². The number of aliphatic carboxylic acids is 1. The predicted octanol–water partition coefficient (Wildman–Crippen LogP) is 3.79. The van der Waals surface area contributed by atoms with Gasteiger partial charge in [-0.2, -0.15) is 0 Å². The molecule has 106 valence electrons. The van der Waals surface area contributed by atoms with Crippen LogP contribution in [-0.4, -0.2) is 16.2 Å². The van der Waals surface area contributed by atoms with E-state index in [4.69, 9.17) is 9.52 Å². The predicted molar refractivity (Wildman–Crippen MR) is 79.5 cm³/mol. The van der Waals surface area contributed by atoms with Gasteiger partial charge in [0.15, 0.2) is 0 Å². The first kappa shape index (κ1) is 13.2. The van der Waals surface area contributed by atoms with Crippen molar-refractivity contribution >= 4 is 23.2 Å². The van der Waals surface area contributed by atoms with Gasteiger partial charge in [0.05, 0.1) is 18.9 Å². The van der Waals surface area contributed by atoms with E-state index in [1.165, 1.54) is 0 Å². The molecule has 2 aromatic rings. The van der Waals surface area contributed by atoms with Gasteiger partial charge in [-0.3, -0.25) is 4.79 Å². The second-order valence-corrected chi connectivity index (χ2v) is 5.02. The third kappa shape index (κ3) is 2.36. The van der Waals surface area contributed by atoms with E-state index < -0.39 is 5.97 Å². The van der Waals surface area contributed by atoms with Crippen LogP contribution in [0.2, 0.25) is 0 Å². The van der Waals surface area contributed by atoms with Crippen molar-refractivity contribution in [2.75, 3.05) is 0 Å². The fourth-order valence-corrected chi connectivity index (χ4v) is 2.67. The number of carboxylic acids is 1. The largest absolute Gasteiger partial charge is 0.508 e. The maximum atomic E-state index is 11.1. The third-order valence-electron chi connectivity index (χ3n) is 3.66. The summed E-state index contributed by atoms with van der Waals surface area (Å²) >= 11 is 0. The molecule has 3 rings (SSSR count). The molecule has 1 heterocycles. The van der Waals surface area contributed by atoms with Gasteiger partial charge in [-0.25, -0.2) is 0 Å². The van der Waals surface area contributed by atoms with Crippen molar-refractivity contribution in [3.63, 3.8) is 0 Å². The summed E-state index contributed by atoms with van der Waals surface area (Å²) < 4.78 is 5.06. The molecule has 0 amide bonds. The van der Waals surface area contributed by atoms with Gasteiger partial charge in [0.1, 0.15) is 5.75 Å². The Hall–Kier alpha value is -2.75. The molecule has 4 heteroatoms. The van der Waals surface area contributed by atoms with Crippen molar-refractivity contribution < 1.29 is 19.4 Å². The summed E-state index contributed by atoms with van der Waals surface area (Å²) in [5.74, 6) is -0.753. The van der Waals surface area contributed by atoms with E-state index in [1.54, 1.807) is 24.7 Å². The third-order valence-corrected chi connectivity index (χ3v) is 3.66. The molecule has 4 nitrogen and oxygen atoms in total. The highest BCUT2D eigenvalue weighted by atomic mass is 16.4. The van der Waals surface area contributed by atoms with E-state index in [0.717, 1.165) is 33.4 Å². The van der Waals surface area contributed by atoms with Crippen LogP contribution in [0.4, 0.5) is 0 Å².